The Morgan fingerprint density at radius 1 is 1.39 bits per heavy atom. The summed E-state index contributed by atoms with van der Waals surface area (Å²) in [6, 6.07) is 1.81. The van der Waals surface area contributed by atoms with Gasteiger partial charge in [0.05, 0.1) is 6.26 Å². The zero-order valence-electron chi connectivity index (χ0n) is 10.2. The van der Waals surface area contributed by atoms with Gasteiger partial charge in [-0.25, -0.2) is 0 Å². The minimum Gasteiger partial charge on any atom is -0.459 e. The summed E-state index contributed by atoms with van der Waals surface area (Å²) in [5, 5.41) is 7.91. The van der Waals surface area contributed by atoms with Crippen molar-refractivity contribution in [1.29, 1.82) is 0 Å². The van der Waals surface area contributed by atoms with E-state index in [9.17, 15) is 4.79 Å². The van der Waals surface area contributed by atoms with E-state index in [2.05, 4.69) is 10.2 Å². The number of rotatable bonds is 1. The second-order valence-electron chi connectivity index (χ2n) is 4.42. The number of hydrogen-bond donors (Lipinski definition) is 0. The maximum absolute atomic E-state index is 12.3. The van der Waals surface area contributed by atoms with Crippen LogP contribution in [0.2, 0.25) is 0 Å². The van der Waals surface area contributed by atoms with E-state index in [1.165, 1.54) is 0 Å². The molecule has 0 atom stereocenters. The highest BCUT2D eigenvalue weighted by Crippen LogP contribution is 2.14. The molecule has 1 aliphatic rings. The molecular formula is C12H14N4O2. The predicted octanol–water partition coefficient (Wildman–Crippen LogP) is 0.878. The molecule has 0 aromatic carbocycles. The first-order valence-corrected chi connectivity index (χ1v) is 5.96. The maximum Gasteiger partial charge on any atom is 0.289 e. The molecule has 2 aromatic rings. The predicted molar refractivity (Wildman–Crippen MR) is 63.1 cm³/mol. The quantitative estimate of drug-likeness (QED) is 0.749. The molecule has 0 bridgehead atoms. The Kier molecular flexibility index (Phi) is 2.62. The molecule has 0 spiro atoms. The Morgan fingerprint density at radius 2 is 2.28 bits per heavy atom. The van der Waals surface area contributed by atoms with Gasteiger partial charge in [-0.05, 0) is 13.0 Å². The molecule has 94 valence electrons. The fraction of sp³-hybridized carbons (Fsp3) is 0.417. The van der Waals surface area contributed by atoms with Crippen LogP contribution in [0.25, 0.3) is 0 Å². The first kappa shape index (κ1) is 11.0. The van der Waals surface area contributed by atoms with E-state index in [1.54, 1.807) is 23.6 Å². The van der Waals surface area contributed by atoms with Crippen molar-refractivity contribution in [1.82, 2.24) is 19.7 Å². The molecule has 1 amide bonds. The summed E-state index contributed by atoms with van der Waals surface area (Å²) < 4.78 is 7.24. The third-order valence-corrected chi connectivity index (χ3v) is 3.26. The van der Waals surface area contributed by atoms with E-state index in [0.717, 1.165) is 24.4 Å². The number of amides is 1. The van der Waals surface area contributed by atoms with Crippen LogP contribution in [-0.4, -0.2) is 38.7 Å². The van der Waals surface area contributed by atoms with E-state index in [-0.39, 0.29) is 5.91 Å². The molecule has 0 aliphatic carbocycles. The first-order valence-electron chi connectivity index (χ1n) is 5.96. The topological polar surface area (TPSA) is 64.2 Å². The summed E-state index contributed by atoms with van der Waals surface area (Å²) in [5.41, 5.74) is 0.878. The summed E-state index contributed by atoms with van der Waals surface area (Å²) in [6.45, 7) is 3.92. The number of aryl methyl sites for hydroxylation is 1. The van der Waals surface area contributed by atoms with Gasteiger partial charge in [0.2, 0.25) is 0 Å². The van der Waals surface area contributed by atoms with Gasteiger partial charge in [0, 0.05) is 31.6 Å². The Bertz CT molecular complexity index is 550. The van der Waals surface area contributed by atoms with Gasteiger partial charge in [0.1, 0.15) is 12.2 Å². The van der Waals surface area contributed by atoms with Crippen LogP contribution in [0, 0.1) is 6.92 Å². The molecule has 0 fully saturated rings. The average molecular weight is 246 g/mol. The van der Waals surface area contributed by atoms with Gasteiger partial charge in [0.15, 0.2) is 5.76 Å². The highest BCUT2D eigenvalue weighted by molar-refractivity contribution is 5.92. The summed E-state index contributed by atoms with van der Waals surface area (Å²) in [6.07, 6.45) is 3.99. The summed E-state index contributed by atoms with van der Waals surface area (Å²) in [4.78, 5) is 14.1. The molecular weight excluding hydrogens is 232 g/mol. The molecule has 6 nitrogen and oxygen atoms in total. The minimum atomic E-state index is -0.0452. The van der Waals surface area contributed by atoms with Crippen molar-refractivity contribution >= 4 is 5.91 Å². The van der Waals surface area contributed by atoms with Crippen LogP contribution in [-0.2, 0) is 13.0 Å². The summed E-state index contributed by atoms with van der Waals surface area (Å²) in [5.74, 6) is 1.32. The van der Waals surface area contributed by atoms with Crippen molar-refractivity contribution in [3.8, 4) is 0 Å². The Balaban J connectivity index is 1.77. The van der Waals surface area contributed by atoms with Crippen LogP contribution in [0.5, 0.6) is 0 Å². The van der Waals surface area contributed by atoms with Crippen LogP contribution in [0.1, 0.15) is 21.9 Å². The third-order valence-electron chi connectivity index (χ3n) is 3.26. The largest absolute Gasteiger partial charge is 0.459 e. The van der Waals surface area contributed by atoms with Crippen LogP contribution >= 0.6 is 0 Å². The van der Waals surface area contributed by atoms with Crippen LogP contribution in [0.15, 0.2) is 23.1 Å². The lowest BCUT2D eigenvalue weighted by atomic mass is 10.2. The maximum atomic E-state index is 12.3. The Morgan fingerprint density at radius 3 is 3.06 bits per heavy atom. The Hall–Kier alpha value is -2.11. The van der Waals surface area contributed by atoms with Gasteiger partial charge < -0.3 is 13.9 Å². The zero-order chi connectivity index (χ0) is 12.5. The lowest BCUT2D eigenvalue weighted by Gasteiger charge is -2.18. The summed E-state index contributed by atoms with van der Waals surface area (Å²) in [7, 11) is 0. The molecule has 0 saturated heterocycles. The fourth-order valence-electron chi connectivity index (χ4n) is 2.17. The molecule has 2 aromatic heterocycles. The van der Waals surface area contributed by atoms with E-state index in [1.807, 2.05) is 11.5 Å². The molecule has 1 aliphatic heterocycles. The number of fused-ring (bicyclic) bond motifs is 1. The van der Waals surface area contributed by atoms with Gasteiger partial charge in [-0.2, -0.15) is 0 Å². The smallest absolute Gasteiger partial charge is 0.289 e. The standard InChI is InChI=1S/C12H14N4O2/c1-9-3-7-18-11(9)12(17)15-4-2-10-14-13-8-16(10)6-5-15/h3,7-8H,2,4-6H2,1H3. The molecule has 0 radical (unpaired) electrons. The molecule has 0 N–H and O–H groups in total. The number of aromatic nitrogens is 3. The molecule has 3 rings (SSSR count). The van der Waals surface area contributed by atoms with Gasteiger partial charge in [-0.1, -0.05) is 0 Å². The van der Waals surface area contributed by atoms with Gasteiger partial charge in [0.25, 0.3) is 5.91 Å². The first-order chi connectivity index (χ1) is 8.75. The van der Waals surface area contributed by atoms with Crippen molar-refractivity contribution in [2.24, 2.45) is 0 Å². The third kappa shape index (κ3) is 1.79. The zero-order valence-corrected chi connectivity index (χ0v) is 10.2. The SMILES string of the molecule is Cc1ccoc1C(=O)N1CCc2nncn2CC1. The van der Waals surface area contributed by atoms with Crippen LogP contribution < -0.4 is 0 Å². The van der Waals surface area contributed by atoms with Gasteiger partial charge in [-0.3, -0.25) is 4.79 Å². The highest BCUT2D eigenvalue weighted by atomic mass is 16.3. The minimum absolute atomic E-state index is 0.0452. The van der Waals surface area contributed by atoms with Crippen molar-refractivity contribution in [2.45, 2.75) is 19.9 Å². The van der Waals surface area contributed by atoms with Crippen LogP contribution in [0.4, 0.5) is 0 Å². The molecule has 6 heteroatoms. The molecule has 3 heterocycles. The van der Waals surface area contributed by atoms with Crippen molar-refractivity contribution in [2.75, 3.05) is 13.1 Å². The van der Waals surface area contributed by atoms with Gasteiger partial charge in [-0.15, -0.1) is 10.2 Å². The lowest BCUT2D eigenvalue weighted by molar-refractivity contribution is 0.0726. The van der Waals surface area contributed by atoms with Crippen molar-refractivity contribution < 1.29 is 9.21 Å². The normalized spacial score (nSPS) is 15.3. The lowest BCUT2D eigenvalue weighted by Crippen LogP contribution is -2.33. The average Bonchev–Trinajstić information content (AvgIpc) is 2.94. The number of furan rings is 1. The Labute approximate surface area is 104 Å². The van der Waals surface area contributed by atoms with Gasteiger partial charge >= 0.3 is 0 Å². The molecule has 18 heavy (non-hydrogen) atoms. The molecule has 0 unspecified atom stereocenters. The number of carbonyl (C=O) groups is 1. The highest BCUT2D eigenvalue weighted by Gasteiger charge is 2.23. The van der Waals surface area contributed by atoms with E-state index < -0.39 is 0 Å². The van der Waals surface area contributed by atoms with E-state index in [0.29, 0.717) is 18.8 Å². The van der Waals surface area contributed by atoms with E-state index >= 15 is 0 Å². The van der Waals surface area contributed by atoms with E-state index in [4.69, 9.17) is 4.42 Å². The number of carbonyl (C=O) groups excluding carboxylic acids is 1. The van der Waals surface area contributed by atoms with Crippen LogP contribution in [0.3, 0.4) is 0 Å². The number of hydrogen-bond acceptors (Lipinski definition) is 4. The molecule has 0 saturated carbocycles. The summed E-state index contributed by atoms with van der Waals surface area (Å²) >= 11 is 0. The monoisotopic (exact) mass is 246 g/mol. The second-order valence-corrected chi connectivity index (χ2v) is 4.42. The van der Waals surface area contributed by atoms with Crippen molar-refractivity contribution in [3.05, 3.63) is 35.8 Å². The van der Waals surface area contributed by atoms with Crippen molar-refractivity contribution in [3.63, 3.8) is 0 Å². The fourth-order valence-corrected chi connectivity index (χ4v) is 2.17. The second kappa shape index (κ2) is 4.29. The number of nitrogens with zero attached hydrogens (tertiary/aromatic N) is 4.